The minimum Gasteiger partial charge on any atom is -0.384 e. The third kappa shape index (κ3) is 2.91. The number of hydrogen-bond acceptors (Lipinski definition) is 3. The normalized spacial score (nSPS) is 23.1. The molecule has 2 aliphatic heterocycles. The Balaban J connectivity index is 1.88. The summed E-state index contributed by atoms with van der Waals surface area (Å²) in [5, 5.41) is 3.43. The van der Waals surface area contributed by atoms with Crippen LogP contribution >= 0.6 is 0 Å². The first-order valence-electron chi connectivity index (χ1n) is 8.02. The van der Waals surface area contributed by atoms with Gasteiger partial charge in [-0.15, -0.1) is 0 Å². The maximum absolute atomic E-state index is 13.0. The van der Waals surface area contributed by atoms with Crippen LogP contribution in [0.1, 0.15) is 35.7 Å². The smallest absolute Gasteiger partial charge is 0.256 e. The molecule has 2 heterocycles. The number of benzene rings is 1. The van der Waals surface area contributed by atoms with Gasteiger partial charge in [-0.3, -0.25) is 4.79 Å². The van der Waals surface area contributed by atoms with E-state index in [-0.39, 0.29) is 11.9 Å². The number of anilines is 1. The summed E-state index contributed by atoms with van der Waals surface area (Å²) >= 11 is 0. The zero-order chi connectivity index (χ0) is 14.8. The molecule has 1 amide bonds. The van der Waals surface area contributed by atoms with Crippen molar-refractivity contribution < 1.29 is 4.79 Å². The Labute approximate surface area is 127 Å². The molecule has 0 spiro atoms. The molecule has 1 aromatic carbocycles. The summed E-state index contributed by atoms with van der Waals surface area (Å²) in [4.78, 5) is 17.4. The highest BCUT2D eigenvalue weighted by Gasteiger charge is 2.27. The molecule has 1 unspecified atom stereocenters. The van der Waals surface area contributed by atoms with Crippen LogP contribution in [0.4, 0.5) is 5.69 Å². The van der Waals surface area contributed by atoms with E-state index in [0.717, 1.165) is 56.7 Å². The molecule has 1 atom stereocenters. The second-order valence-corrected chi connectivity index (χ2v) is 6.33. The van der Waals surface area contributed by atoms with Crippen LogP contribution in [0, 0.1) is 0 Å². The lowest BCUT2D eigenvalue weighted by atomic mass is 9.98. The molecule has 2 aliphatic rings. The first-order valence-corrected chi connectivity index (χ1v) is 8.02. The van der Waals surface area contributed by atoms with Crippen molar-refractivity contribution in [3.8, 4) is 0 Å². The average molecular weight is 287 g/mol. The summed E-state index contributed by atoms with van der Waals surface area (Å²) in [6.07, 6.45) is 3.27. The van der Waals surface area contributed by atoms with Crippen molar-refractivity contribution in [1.29, 1.82) is 0 Å². The average Bonchev–Trinajstić information content (AvgIpc) is 2.66. The summed E-state index contributed by atoms with van der Waals surface area (Å²) in [5.41, 5.74) is 3.20. The molecule has 0 bridgehead atoms. The molecule has 1 aromatic rings. The summed E-state index contributed by atoms with van der Waals surface area (Å²) in [6, 6.07) is 6.40. The van der Waals surface area contributed by atoms with E-state index in [1.165, 1.54) is 5.56 Å². The largest absolute Gasteiger partial charge is 0.384 e. The predicted octanol–water partition coefficient (Wildman–Crippen LogP) is 2.21. The van der Waals surface area contributed by atoms with E-state index >= 15 is 0 Å². The molecule has 0 saturated carbocycles. The first kappa shape index (κ1) is 14.4. The summed E-state index contributed by atoms with van der Waals surface area (Å²) < 4.78 is 0. The number of nitrogens with zero attached hydrogens (tertiary/aromatic N) is 2. The van der Waals surface area contributed by atoms with Gasteiger partial charge in [0, 0.05) is 25.7 Å². The molecule has 114 valence electrons. The van der Waals surface area contributed by atoms with Gasteiger partial charge in [0.2, 0.25) is 0 Å². The van der Waals surface area contributed by atoms with Gasteiger partial charge >= 0.3 is 0 Å². The molecular weight excluding hydrogens is 262 g/mol. The van der Waals surface area contributed by atoms with Crippen LogP contribution in [0.15, 0.2) is 18.2 Å². The fraction of sp³-hybridized carbons (Fsp3) is 0.588. The van der Waals surface area contributed by atoms with Crippen LogP contribution in [0.3, 0.4) is 0 Å². The standard InChI is InChI=1S/C17H25N3O/c1-13-12-19(2)10-5-11-20(13)17(21)15-8-3-6-14-7-4-9-18-16(14)15/h3,6,8,13,18H,4-5,7,9-12H2,1-2H3. The third-order valence-electron chi connectivity index (χ3n) is 4.61. The van der Waals surface area contributed by atoms with E-state index in [0.29, 0.717) is 0 Å². The summed E-state index contributed by atoms with van der Waals surface area (Å²) in [7, 11) is 2.14. The Hall–Kier alpha value is -1.55. The monoisotopic (exact) mass is 287 g/mol. The molecule has 4 nitrogen and oxygen atoms in total. The van der Waals surface area contributed by atoms with Crippen molar-refractivity contribution in [3.63, 3.8) is 0 Å². The van der Waals surface area contributed by atoms with Crippen LogP contribution in [0.25, 0.3) is 0 Å². The van der Waals surface area contributed by atoms with Gasteiger partial charge in [0.25, 0.3) is 5.91 Å². The van der Waals surface area contributed by atoms with Gasteiger partial charge in [-0.2, -0.15) is 0 Å². The molecule has 1 fully saturated rings. The molecule has 21 heavy (non-hydrogen) atoms. The number of carbonyl (C=O) groups excluding carboxylic acids is 1. The highest BCUT2D eigenvalue weighted by Crippen LogP contribution is 2.28. The third-order valence-corrected chi connectivity index (χ3v) is 4.61. The molecule has 1 N–H and O–H groups in total. The minimum absolute atomic E-state index is 0.184. The zero-order valence-corrected chi connectivity index (χ0v) is 13.1. The van der Waals surface area contributed by atoms with Crippen molar-refractivity contribution in [2.24, 2.45) is 0 Å². The number of fused-ring (bicyclic) bond motifs is 1. The van der Waals surface area contributed by atoms with Gasteiger partial charge < -0.3 is 15.1 Å². The van der Waals surface area contributed by atoms with Gasteiger partial charge in [-0.1, -0.05) is 12.1 Å². The van der Waals surface area contributed by atoms with Crippen molar-refractivity contribution >= 4 is 11.6 Å². The Morgan fingerprint density at radius 1 is 1.29 bits per heavy atom. The summed E-state index contributed by atoms with van der Waals surface area (Å²) in [6.45, 7) is 6.00. The van der Waals surface area contributed by atoms with E-state index in [4.69, 9.17) is 0 Å². The van der Waals surface area contributed by atoms with E-state index in [1.54, 1.807) is 0 Å². The second-order valence-electron chi connectivity index (χ2n) is 6.33. The second kappa shape index (κ2) is 6.06. The fourth-order valence-electron chi connectivity index (χ4n) is 3.52. The first-order chi connectivity index (χ1) is 10.2. The number of para-hydroxylation sites is 1. The quantitative estimate of drug-likeness (QED) is 0.860. The van der Waals surface area contributed by atoms with Crippen molar-refractivity contribution in [1.82, 2.24) is 9.80 Å². The lowest BCUT2D eigenvalue weighted by Gasteiger charge is -2.30. The van der Waals surface area contributed by atoms with Gasteiger partial charge in [0.15, 0.2) is 0 Å². The highest BCUT2D eigenvalue weighted by molar-refractivity contribution is 6.00. The van der Waals surface area contributed by atoms with E-state index in [2.05, 4.69) is 35.2 Å². The molecular formula is C17H25N3O. The van der Waals surface area contributed by atoms with Gasteiger partial charge in [-0.05, 0) is 51.4 Å². The fourth-order valence-corrected chi connectivity index (χ4v) is 3.52. The number of hydrogen-bond donors (Lipinski definition) is 1. The van der Waals surface area contributed by atoms with Crippen LogP contribution in [-0.4, -0.2) is 55.0 Å². The van der Waals surface area contributed by atoms with Crippen molar-refractivity contribution in [2.75, 3.05) is 38.5 Å². The van der Waals surface area contributed by atoms with E-state index in [9.17, 15) is 4.79 Å². The number of rotatable bonds is 1. The number of likely N-dealkylation sites (N-methyl/N-ethyl adjacent to an activating group) is 1. The molecule has 0 aliphatic carbocycles. The van der Waals surface area contributed by atoms with Gasteiger partial charge in [0.1, 0.15) is 0 Å². The molecule has 0 radical (unpaired) electrons. The lowest BCUT2D eigenvalue weighted by molar-refractivity contribution is 0.0697. The van der Waals surface area contributed by atoms with Crippen LogP contribution in [-0.2, 0) is 6.42 Å². The molecule has 3 rings (SSSR count). The Morgan fingerprint density at radius 2 is 2.14 bits per heavy atom. The molecule has 0 aromatic heterocycles. The predicted molar refractivity (Wildman–Crippen MR) is 85.9 cm³/mol. The van der Waals surface area contributed by atoms with Gasteiger partial charge in [-0.25, -0.2) is 0 Å². The molecule has 4 heteroatoms. The van der Waals surface area contributed by atoms with Crippen LogP contribution in [0.5, 0.6) is 0 Å². The van der Waals surface area contributed by atoms with Crippen molar-refractivity contribution in [3.05, 3.63) is 29.3 Å². The van der Waals surface area contributed by atoms with E-state index in [1.807, 2.05) is 12.1 Å². The SMILES string of the molecule is CC1CN(C)CCCN1C(=O)c1cccc2c1NCCC2. The zero-order valence-electron chi connectivity index (χ0n) is 13.1. The number of carbonyl (C=O) groups is 1. The summed E-state index contributed by atoms with van der Waals surface area (Å²) in [5.74, 6) is 0.184. The highest BCUT2D eigenvalue weighted by atomic mass is 16.2. The minimum atomic E-state index is 0.184. The van der Waals surface area contributed by atoms with Crippen LogP contribution in [0.2, 0.25) is 0 Å². The number of aryl methyl sites for hydroxylation is 1. The van der Waals surface area contributed by atoms with Crippen LogP contribution < -0.4 is 5.32 Å². The lowest BCUT2D eigenvalue weighted by Crippen LogP contribution is -2.42. The Kier molecular flexibility index (Phi) is 4.15. The number of amides is 1. The Morgan fingerprint density at radius 3 is 3.00 bits per heavy atom. The maximum Gasteiger partial charge on any atom is 0.256 e. The van der Waals surface area contributed by atoms with Crippen molar-refractivity contribution in [2.45, 2.75) is 32.2 Å². The maximum atomic E-state index is 13.0. The van der Waals surface area contributed by atoms with Gasteiger partial charge in [0.05, 0.1) is 11.3 Å². The number of nitrogens with one attached hydrogen (secondary N) is 1. The van der Waals surface area contributed by atoms with E-state index < -0.39 is 0 Å². The molecule has 1 saturated heterocycles. The topological polar surface area (TPSA) is 35.6 Å². The Bertz CT molecular complexity index is 529.